The van der Waals surface area contributed by atoms with Gasteiger partial charge in [-0.2, -0.15) is 0 Å². The largest absolute Gasteiger partial charge is 0.573 e. The number of hydrogen-bond donors (Lipinski definition) is 2. The van der Waals surface area contributed by atoms with Gasteiger partial charge in [-0.15, -0.1) is 13.2 Å². The first-order chi connectivity index (χ1) is 7.28. The molecule has 1 aromatic carbocycles. The first-order valence-electron chi connectivity index (χ1n) is 3.83. The van der Waals surface area contributed by atoms with Crippen LogP contribution in [0.2, 0.25) is 0 Å². The second kappa shape index (κ2) is 4.25. The Morgan fingerprint density at radius 3 is 2.44 bits per heavy atom. The Labute approximate surface area is 86.4 Å². The van der Waals surface area contributed by atoms with Gasteiger partial charge < -0.3 is 9.84 Å². The zero-order valence-corrected chi connectivity index (χ0v) is 7.51. The molecule has 88 valence electrons. The molecule has 0 aliphatic carbocycles. The molecule has 0 aliphatic heterocycles. The van der Waals surface area contributed by atoms with Crippen molar-refractivity contribution in [3.8, 4) is 5.75 Å². The number of anilines is 1. The molecule has 4 nitrogen and oxygen atoms in total. The number of halogens is 4. The number of rotatable bonds is 2. The third-order valence-electron chi connectivity index (χ3n) is 1.41. The second-order valence-corrected chi connectivity index (χ2v) is 2.62. The number of alkyl halides is 3. The zero-order chi connectivity index (χ0) is 12.3. The predicted molar refractivity (Wildman–Crippen MR) is 44.7 cm³/mol. The minimum absolute atomic E-state index is 0.195. The Balaban J connectivity index is 2.87. The van der Waals surface area contributed by atoms with Crippen LogP contribution in [-0.2, 0) is 0 Å². The maximum Gasteiger partial charge on any atom is 0.573 e. The van der Waals surface area contributed by atoms with E-state index in [9.17, 15) is 22.4 Å². The van der Waals surface area contributed by atoms with E-state index in [1.807, 2.05) is 0 Å². The van der Waals surface area contributed by atoms with Gasteiger partial charge >= 0.3 is 12.5 Å². The summed E-state index contributed by atoms with van der Waals surface area (Å²) in [6.45, 7) is 0. The number of ether oxygens (including phenoxy) is 1. The van der Waals surface area contributed by atoms with E-state index < -0.39 is 24.0 Å². The highest BCUT2D eigenvalue weighted by atomic mass is 19.4. The molecule has 16 heavy (non-hydrogen) atoms. The highest BCUT2D eigenvalue weighted by molar-refractivity contribution is 5.82. The molecule has 0 radical (unpaired) electrons. The number of hydrogen-bond acceptors (Lipinski definition) is 2. The fourth-order valence-corrected chi connectivity index (χ4v) is 0.910. The minimum Gasteiger partial charge on any atom is -0.465 e. The lowest BCUT2D eigenvalue weighted by atomic mass is 10.3. The van der Waals surface area contributed by atoms with Crippen LogP contribution < -0.4 is 10.1 Å². The van der Waals surface area contributed by atoms with Gasteiger partial charge in [0.1, 0.15) is 0 Å². The monoisotopic (exact) mass is 239 g/mol. The molecule has 1 aromatic rings. The van der Waals surface area contributed by atoms with Crippen LogP contribution in [-0.4, -0.2) is 17.6 Å². The smallest absolute Gasteiger partial charge is 0.465 e. The van der Waals surface area contributed by atoms with Crippen LogP contribution in [0.5, 0.6) is 5.75 Å². The molecule has 2 N–H and O–H groups in total. The van der Waals surface area contributed by atoms with Crippen LogP contribution in [0.1, 0.15) is 0 Å². The van der Waals surface area contributed by atoms with Gasteiger partial charge in [-0.05, 0) is 12.1 Å². The van der Waals surface area contributed by atoms with Crippen molar-refractivity contribution in [3.63, 3.8) is 0 Å². The van der Waals surface area contributed by atoms with Crippen molar-refractivity contribution < 1.29 is 32.2 Å². The van der Waals surface area contributed by atoms with Crippen LogP contribution in [0.25, 0.3) is 0 Å². The number of amides is 1. The molecule has 1 amide bonds. The summed E-state index contributed by atoms with van der Waals surface area (Å²) in [5.41, 5.74) is -0.195. The van der Waals surface area contributed by atoms with Gasteiger partial charge in [-0.1, -0.05) is 0 Å². The van der Waals surface area contributed by atoms with Crippen molar-refractivity contribution in [2.75, 3.05) is 5.32 Å². The van der Waals surface area contributed by atoms with Crippen LogP contribution in [0.3, 0.4) is 0 Å². The Morgan fingerprint density at radius 1 is 1.38 bits per heavy atom. The molecule has 0 aliphatic rings. The van der Waals surface area contributed by atoms with Gasteiger partial charge in [0.05, 0.1) is 0 Å². The number of carboxylic acid groups (broad SMARTS) is 1. The number of nitrogens with one attached hydrogen (secondary N) is 1. The molecule has 1 rings (SSSR count). The summed E-state index contributed by atoms with van der Waals surface area (Å²) in [6, 6.07) is 2.20. The molecule has 0 unspecified atom stereocenters. The molecule has 0 saturated heterocycles. The van der Waals surface area contributed by atoms with Crippen molar-refractivity contribution in [2.45, 2.75) is 6.36 Å². The van der Waals surface area contributed by atoms with Crippen molar-refractivity contribution >= 4 is 11.8 Å². The molecule has 0 saturated carbocycles. The van der Waals surface area contributed by atoms with Crippen molar-refractivity contribution in [1.82, 2.24) is 0 Å². The fraction of sp³-hybridized carbons (Fsp3) is 0.125. The predicted octanol–water partition coefficient (Wildman–Crippen LogP) is 2.81. The molecule has 0 fully saturated rings. The normalized spacial score (nSPS) is 11.0. The molecular weight excluding hydrogens is 234 g/mol. The Kier molecular flexibility index (Phi) is 3.21. The average Bonchev–Trinajstić information content (AvgIpc) is 2.06. The summed E-state index contributed by atoms with van der Waals surface area (Å²) in [5.74, 6) is -2.34. The van der Waals surface area contributed by atoms with Crippen molar-refractivity contribution in [2.24, 2.45) is 0 Å². The molecule has 0 aromatic heterocycles. The molecule has 8 heteroatoms. The Hall–Kier alpha value is -1.99. The standard InChI is InChI=1S/C8H5F4NO3/c9-5-3-4(13-7(14)15)1-2-6(5)16-8(10,11)12/h1-3,13H,(H,14,15). The molecule has 0 spiro atoms. The average molecular weight is 239 g/mol. The van der Waals surface area contributed by atoms with Crippen LogP contribution in [0, 0.1) is 5.82 Å². The summed E-state index contributed by atoms with van der Waals surface area (Å²) in [6.07, 6.45) is -6.45. The van der Waals surface area contributed by atoms with Crippen LogP contribution in [0.15, 0.2) is 18.2 Å². The lowest BCUT2D eigenvalue weighted by Crippen LogP contribution is -2.18. The quantitative estimate of drug-likeness (QED) is 0.780. The van der Waals surface area contributed by atoms with Gasteiger partial charge in [-0.25, -0.2) is 9.18 Å². The van der Waals surface area contributed by atoms with Crippen LogP contribution in [0.4, 0.5) is 28.0 Å². The van der Waals surface area contributed by atoms with E-state index in [1.54, 1.807) is 5.32 Å². The van der Waals surface area contributed by atoms with Gasteiger partial charge in [0.25, 0.3) is 0 Å². The van der Waals surface area contributed by atoms with E-state index >= 15 is 0 Å². The maximum absolute atomic E-state index is 13.0. The highest BCUT2D eigenvalue weighted by Crippen LogP contribution is 2.27. The van der Waals surface area contributed by atoms with Gasteiger partial charge in [-0.3, -0.25) is 5.32 Å². The summed E-state index contributed by atoms with van der Waals surface area (Å²) in [5, 5.41) is 10.0. The summed E-state index contributed by atoms with van der Waals surface area (Å²) in [7, 11) is 0. The lowest BCUT2D eigenvalue weighted by molar-refractivity contribution is -0.275. The first kappa shape index (κ1) is 12.1. The van der Waals surface area contributed by atoms with Gasteiger partial charge in [0.15, 0.2) is 11.6 Å². The van der Waals surface area contributed by atoms with Crippen LogP contribution >= 0.6 is 0 Å². The van der Waals surface area contributed by atoms with Gasteiger partial charge in [0.2, 0.25) is 0 Å². The van der Waals surface area contributed by atoms with E-state index in [0.29, 0.717) is 12.1 Å². The van der Waals surface area contributed by atoms with E-state index in [0.717, 1.165) is 6.07 Å². The van der Waals surface area contributed by atoms with E-state index in [4.69, 9.17) is 5.11 Å². The van der Waals surface area contributed by atoms with Gasteiger partial charge in [0, 0.05) is 11.8 Å². The molecule has 0 heterocycles. The van der Waals surface area contributed by atoms with Crippen molar-refractivity contribution in [3.05, 3.63) is 24.0 Å². The Morgan fingerprint density at radius 2 is 2.00 bits per heavy atom. The third-order valence-corrected chi connectivity index (χ3v) is 1.41. The molecule has 0 bridgehead atoms. The summed E-state index contributed by atoms with van der Waals surface area (Å²) >= 11 is 0. The molecular formula is C8H5F4NO3. The van der Waals surface area contributed by atoms with E-state index in [2.05, 4.69) is 4.74 Å². The summed E-state index contributed by atoms with van der Waals surface area (Å²) in [4.78, 5) is 10.1. The van der Waals surface area contributed by atoms with Crippen molar-refractivity contribution in [1.29, 1.82) is 0 Å². The lowest BCUT2D eigenvalue weighted by Gasteiger charge is -2.10. The van der Waals surface area contributed by atoms with E-state index in [1.165, 1.54) is 0 Å². The topological polar surface area (TPSA) is 58.6 Å². The molecule has 0 atom stereocenters. The Bertz CT molecular complexity index is 405. The zero-order valence-electron chi connectivity index (χ0n) is 7.51. The SMILES string of the molecule is O=C(O)Nc1ccc(OC(F)(F)F)c(F)c1. The summed E-state index contributed by atoms with van der Waals surface area (Å²) < 4.78 is 51.5. The highest BCUT2D eigenvalue weighted by Gasteiger charge is 2.32. The maximum atomic E-state index is 13.0. The van der Waals surface area contributed by atoms with E-state index in [-0.39, 0.29) is 5.69 Å². The number of benzene rings is 1. The number of carbonyl (C=O) groups is 1. The second-order valence-electron chi connectivity index (χ2n) is 2.62. The fourth-order valence-electron chi connectivity index (χ4n) is 0.910. The first-order valence-corrected chi connectivity index (χ1v) is 3.83. The third kappa shape index (κ3) is 3.64. The minimum atomic E-state index is -5.00.